The minimum Gasteiger partial charge on any atom is -0.396 e. The molecule has 0 radical (unpaired) electrons. The number of aliphatic hydroxyl groups is 1. The molecule has 84 valence electrons. The van der Waals surface area contributed by atoms with E-state index in [1.54, 1.807) is 0 Å². The van der Waals surface area contributed by atoms with Gasteiger partial charge in [-0.05, 0) is 25.2 Å². The number of allylic oxidation sites excluding steroid dienone is 1. The highest BCUT2D eigenvalue weighted by atomic mass is 16.3. The second kappa shape index (κ2) is 10.8. The molecule has 0 saturated heterocycles. The Hall–Kier alpha value is -0.300. The summed E-state index contributed by atoms with van der Waals surface area (Å²) in [6.07, 6.45) is 13.1. The third-order valence-electron chi connectivity index (χ3n) is 2.55. The van der Waals surface area contributed by atoms with Gasteiger partial charge in [0.25, 0.3) is 0 Å². The van der Waals surface area contributed by atoms with Gasteiger partial charge in [0.1, 0.15) is 0 Å². The lowest BCUT2D eigenvalue weighted by Crippen LogP contribution is -2.01. The molecule has 1 N–H and O–H groups in total. The quantitative estimate of drug-likeness (QED) is 0.440. The lowest BCUT2D eigenvalue weighted by atomic mass is 10.0. The standard InChI is InChI=1S/C13H26O/c1-3-5-7-8-9-11-13(12-14)10-6-4-2/h9,11,13-14H,3-8,10,12H2,1-2H3/b11-9-/t13-/m0/s1. The Morgan fingerprint density at radius 3 is 2.36 bits per heavy atom. The molecule has 0 aromatic heterocycles. The fraction of sp³-hybridized carbons (Fsp3) is 0.846. The molecule has 0 unspecified atom stereocenters. The molecule has 0 amide bonds. The van der Waals surface area contributed by atoms with E-state index in [0.29, 0.717) is 12.5 Å². The third-order valence-corrected chi connectivity index (χ3v) is 2.55. The van der Waals surface area contributed by atoms with Crippen molar-refractivity contribution < 1.29 is 5.11 Å². The van der Waals surface area contributed by atoms with Crippen molar-refractivity contribution in [2.24, 2.45) is 5.92 Å². The molecule has 0 saturated carbocycles. The highest BCUT2D eigenvalue weighted by Crippen LogP contribution is 2.10. The predicted molar refractivity (Wildman–Crippen MR) is 63.4 cm³/mol. The fourth-order valence-corrected chi connectivity index (χ4v) is 1.52. The van der Waals surface area contributed by atoms with Crippen molar-refractivity contribution >= 4 is 0 Å². The molecule has 0 aromatic carbocycles. The van der Waals surface area contributed by atoms with Crippen LogP contribution in [0, 0.1) is 5.92 Å². The van der Waals surface area contributed by atoms with Crippen LogP contribution in [0.4, 0.5) is 0 Å². The summed E-state index contributed by atoms with van der Waals surface area (Å²) in [6, 6.07) is 0. The highest BCUT2D eigenvalue weighted by Gasteiger charge is 2.00. The van der Waals surface area contributed by atoms with Crippen molar-refractivity contribution in [2.45, 2.75) is 58.8 Å². The van der Waals surface area contributed by atoms with Crippen LogP contribution in [0.5, 0.6) is 0 Å². The molecule has 1 heteroatoms. The number of rotatable bonds is 9. The second-order valence-electron chi connectivity index (χ2n) is 4.01. The summed E-state index contributed by atoms with van der Waals surface area (Å²) in [5, 5.41) is 9.10. The first-order chi connectivity index (χ1) is 6.85. The van der Waals surface area contributed by atoms with Gasteiger partial charge in [-0.2, -0.15) is 0 Å². The van der Waals surface area contributed by atoms with Crippen LogP contribution in [-0.4, -0.2) is 11.7 Å². The molecule has 0 rings (SSSR count). The maximum Gasteiger partial charge on any atom is 0.0493 e. The number of hydrogen-bond acceptors (Lipinski definition) is 1. The van der Waals surface area contributed by atoms with Crippen LogP contribution >= 0.6 is 0 Å². The van der Waals surface area contributed by atoms with Crippen LogP contribution < -0.4 is 0 Å². The highest BCUT2D eigenvalue weighted by molar-refractivity contribution is 4.88. The van der Waals surface area contributed by atoms with Crippen molar-refractivity contribution in [3.05, 3.63) is 12.2 Å². The zero-order chi connectivity index (χ0) is 10.6. The summed E-state index contributed by atoms with van der Waals surface area (Å²) in [7, 11) is 0. The SMILES string of the molecule is CCCCC/C=C\[C@@H](CO)CCCC. The van der Waals surface area contributed by atoms with E-state index in [1.165, 1.54) is 38.5 Å². The molecule has 0 heterocycles. The smallest absolute Gasteiger partial charge is 0.0493 e. The molecule has 0 aliphatic rings. The molecule has 1 nitrogen and oxygen atoms in total. The molecule has 1 atom stereocenters. The summed E-state index contributed by atoms with van der Waals surface area (Å²) < 4.78 is 0. The van der Waals surface area contributed by atoms with E-state index in [1.807, 2.05) is 0 Å². The van der Waals surface area contributed by atoms with E-state index in [-0.39, 0.29) is 0 Å². The van der Waals surface area contributed by atoms with E-state index in [2.05, 4.69) is 26.0 Å². The average molecular weight is 198 g/mol. The maximum absolute atomic E-state index is 9.10. The van der Waals surface area contributed by atoms with Crippen molar-refractivity contribution in [3.8, 4) is 0 Å². The van der Waals surface area contributed by atoms with Gasteiger partial charge in [0.2, 0.25) is 0 Å². The van der Waals surface area contributed by atoms with E-state index in [9.17, 15) is 0 Å². The van der Waals surface area contributed by atoms with Gasteiger partial charge in [0.15, 0.2) is 0 Å². The first-order valence-electron chi connectivity index (χ1n) is 6.12. The first kappa shape index (κ1) is 13.7. The van der Waals surface area contributed by atoms with Gasteiger partial charge < -0.3 is 5.11 Å². The lowest BCUT2D eigenvalue weighted by Gasteiger charge is -2.07. The van der Waals surface area contributed by atoms with Crippen molar-refractivity contribution in [1.82, 2.24) is 0 Å². The number of aliphatic hydroxyl groups excluding tert-OH is 1. The van der Waals surface area contributed by atoms with Crippen LogP contribution in [0.2, 0.25) is 0 Å². The van der Waals surface area contributed by atoms with Gasteiger partial charge in [-0.25, -0.2) is 0 Å². The molecule has 0 aliphatic heterocycles. The Morgan fingerprint density at radius 2 is 1.79 bits per heavy atom. The van der Waals surface area contributed by atoms with Gasteiger partial charge >= 0.3 is 0 Å². The van der Waals surface area contributed by atoms with Gasteiger partial charge in [-0.3, -0.25) is 0 Å². The lowest BCUT2D eigenvalue weighted by molar-refractivity contribution is 0.244. The summed E-state index contributed by atoms with van der Waals surface area (Å²) in [5.74, 6) is 0.400. The largest absolute Gasteiger partial charge is 0.396 e. The van der Waals surface area contributed by atoms with Gasteiger partial charge in [0.05, 0.1) is 0 Å². The normalized spacial score (nSPS) is 13.6. The molecule has 0 aliphatic carbocycles. The number of hydrogen-bond donors (Lipinski definition) is 1. The summed E-state index contributed by atoms with van der Waals surface area (Å²) in [6.45, 7) is 4.73. The molecular formula is C13H26O. The zero-order valence-corrected chi connectivity index (χ0v) is 9.84. The van der Waals surface area contributed by atoms with E-state index in [4.69, 9.17) is 5.11 Å². The van der Waals surface area contributed by atoms with E-state index in [0.717, 1.165) is 6.42 Å². The Morgan fingerprint density at radius 1 is 1.07 bits per heavy atom. The van der Waals surface area contributed by atoms with Crippen LogP contribution in [0.15, 0.2) is 12.2 Å². The van der Waals surface area contributed by atoms with Gasteiger partial charge in [0, 0.05) is 6.61 Å². The molecule has 0 aromatic rings. The Labute approximate surface area is 89.2 Å². The Balaban J connectivity index is 3.47. The summed E-state index contributed by atoms with van der Waals surface area (Å²) >= 11 is 0. The van der Waals surface area contributed by atoms with Crippen LogP contribution in [0.1, 0.15) is 58.8 Å². The molecule has 0 fully saturated rings. The van der Waals surface area contributed by atoms with E-state index >= 15 is 0 Å². The van der Waals surface area contributed by atoms with Crippen molar-refractivity contribution in [3.63, 3.8) is 0 Å². The summed E-state index contributed by atoms with van der Waals surface area (Å²) in [4.78, 5) is 0. The molecule has 0 spiro atoms. The second-order valence-corrected chi connectivity index (χ2v) is 4.01. The minimum atomic E-state index is 0.310. The predicted octanol–water partition coefficient (Wildman–Crippen LogP) is 3.92. The van der Waals surface area contributed by atoms with E-state index < -0.39 is 0 Å². The van der Waals surface area contributed by atoms with Crippen molar-refractivity contribution in [2.75, 3.05) is 6.61 Å². The molecule has 0 bridgehead atoms. The van der Waals surface area contributed by atoms with Gasteiger partial charge in [-0.1, -0.05) is 51.7 Å². The summed E-state index contributed by atoms with van der Waals surface area (Å²) in [5.41, 5.74) is 0. The van der Waals surface area contributed by atoms with Gasteiger partial charge in [-0.15, -0.1) is 0 Å². The Kier molecular flexibility index (Phi) is 10.5. The average Bonchev–Trinajstić information content (AvgIpc) is 2.22. The van der Waals surface area contributed by atoms with Crippen molar-refractivity contribution in [1.29, 1.82) is 0 Å². The van der Waals surface area contributed by atoms with Crippen LogP contribution in [0.25, 0.3) is 0 Å². The zero-order valence-electron chi connectivity index (χ0n) is 9.84. The first-order valence-corrected chi connectivity index (χ1v) is 6.12. The maximum atomic E-state index is 9.10. The minimum absolute atomic E-state index is 0.310. The van der Waals surface area contributed by atoms with Crippen LogP contribution in [-0.2, 0) is 0 Å². The monoisotopic (exact) mass is 198 g/mol. The van der Waals surface area contributed by atoms with Crippen LogP contribution in [0.3, 0.4) is 0 Å². The molecule has 14 heavy (non-hydrogen) atoms. The number of unbranched alkanes of at least 4 members (excludes halogenated alkanes) is 4. The molecular weight excluding hydrogens is 172 g/mol. The third kappa shape index (κ3) is 8.31. The Bertz CT molecular complexity index is 129. The topological polar surface area (TPSA) is 20.2 Å². The fourth-order valence-electron chi connectivity index (χ4n) is 1.52.